The first-order valence-corrected chi connectivity index (χ1v) is 8.78. The zero-order chi connectivity index (χ0) is 13.8. The van der Waals surface area contributed by atoms with Crippen LogP contribution in [0.4, 0.5) is 5.69 Å². The van der Waals surface area contributed by atoms with Crippen LogP contribution in [0.15, 0.2) is 29.2 Å². The standard InChI is InChI=1S/C12H19NO3S2/c1-12(14,9-17-2)8-13-10-4-6-11(7-5-10)18(3,15)16/h4-7,13-14H,8-9H2,1-3H3. The lowest BCUT2D eigenvalue weighted by Gasteiger charge is -2.23. The number of benzene rings is 1. The predicted octanol–water partition coefficient (Wildman–Crippen LogP) is 1.62. The fraction of sp³-hybridized carbons (Fsp3) is 0.500. The monoisotopic (exact) mass is 289 g/mol. The third kappa shape index (κ3) is 4.88. The van der Waals surface area contributed by atoms with Crippen LogP contribution in [0, 0.1) is 0 Å². The molecule has 0 bridgehead atoms. The molecule has 18 heavy (non-hydrogen) atoms. The second-order valence-corrected chi connectivity index (χ2v) is 7.46. The first-order valence-electron chi connectivity index (χ1n) is 5.50. The lowest BCUT2D eigenvalue weighted by Crippen LogP contribution is -2.36. The van der Waals surface area contributed by atoms with Crippen molar-refractivity contribution in [3.8, 4) is 0 Å². The van der Waals surface area contributed by atoms with Gasteiger partial charge in [0.25, 0.3) is 0 Å². The molecular weight excluding hydrogens is 270 g/mol. The SMILES string of the molecule is CSCC(C)(O)CNc1ccc(S(C)(=O)=O)cc1. The van der Waals surface area contributed by atoms with Crippen molar-refractivity contribution in [3.05, 3.63) is 24.3 Å². The second kappa shape index (κ2) is 5.95. The summed E-state index contributed by atoms with van der Waals surface area (Å²) in [5, 5.41) is 13.1. The summed E-state index contributed by atoms with van der Waals surface area (Å²) in [7, 11) is -3.15. The van der Waals surface area contributed by atoms with Gasteiger partial charge in [0.05, 0.1) is 10.5 Å². The molecule has 6 heteroatoms. The fourth-order valence-electron chi connectivity index (χ4n) is 1.47. The van der Waals surface area contributed by atoms with Gasteiger partial charge in [-0.1, -0.05) is 0 Å². The summed E-state index contributed by atoms with van der Waals surface area (Å²) < 4.78 is 22.6. The summed E-state index contributed by atoms with van der Waals surface area (Å²) in [5.74, 6) is 0.640. The molecule has 0 saturated carbocycles. The quantitative estimate of drug-likeness (QED) is 0.833. The normalized spacial score (nSPS) is 15.1. The lowest BCUT2D eigenvalue weighted by atomic mass is 10.1. The first kappa shape index (κ1) is 15.3. The third-order valence-electron chi connectivity index (χ3n) is 2.41. The van der Waals surface area contributed by atoms with Gasteiger partial charge in [0.15, 0.2) is 9.84 Å². The van der Waals surface area contributed by atoms with E-state index in [2.05, 4.69) is 5.32 Å². The zero-order valence-electron chi connectivity index (χ0n) is 10.8. The predicted molar refractivity (Wildman–Crippen MR) is 77.0 cm³/mol. The smallest absolute Gasteiger partial charge is 0.175 e. The van der Waals surface area contributed by atoms with E-state index < -0.39 is 15.4 Å². The van der Waals surface area contributed by atoms with Gasteiger partial charge in [0, 0.05) is 24.2 Å². The van der Waals surface area contributed by atoms with E-state index in [-0.39, 0.29) is 0 Å². The minimum atomic E-state index is -3.15. The molecule has 0 aromatic heterocycles. The molecule has 0 aliphatic rings. The highest BCUT2D eigenvalue weighted by Crippen LogP contribution is 2.16. The molecule has 0 radical (unpaired) electrons. The third-order valence-corrected chi connectivity index (χ3v) is 4.45. The Labute approximate surface area is 113 Å². The topological polar surface area (TPSA) is 66.4 Å². The molecule has 0 fully saturated rings. The van der Waals surface area contributed by atoms with Gasteiger partial charge in [-0.05, 0) is 37.4 Å². The summed E-state index contributed by atoms with van der Waals surface area (Å²) in [6, 6.07) is 6.51. The minimum absolute atomic E-state index is 0.295. The molecule has 1 rings (SSSR count). The number of sulfone groups is 1. The van der Waals surface area contributed by atoms with Gasteiger partial charge in [0.1, 0.15) is 0 Å². The number of thioether (sulfide) groups is 1. The average Bonchev–Trinajstić information content (AvgIpc) is 2.26. The van der Waals surface area contributed by atoms with E-state index in [0.29, 0.717) is 17.2 Å². The van der Waals surface area contributed by atoms with Crippen LogP contribution in [0.25, 0.3) is 0 Å². The average molecular weight is 289 g/mol. The van der Waals surface area contributed by atoms with Gasteiger partial charge >= 0.3 is 0 Å². The Morgan fingerprint density at radius 3 is 2.33 bits per heavy atom. The van der Waals surface area contributed by atoms with Crippen molar-refractivity contribution in [2.75, 3.05) is 30.1 Å². The molecule has 2 N–H and O–H groups in total. The highest BCUT2D eigenvalue weighted by Gasteiger charge is 2.19. The first-order chi connectivity index (χ1) is 8.24. The molecule has 0 spiro atoms. The molecule has 0 saturated heterocycles. The fourth-order valence-corrected chi connectivity index (χ4v) is 2.83. The van der Waals surface area contributed by atoms with Crippen molar-refractivity contribution < 1.29 is 13.5 Å². The van der Waals surface area contributed by atoms with Gasteiger partial charge in [-0.2, -0.15) is 11.8 Å². The minimum Gasteiger partial charge on any atom is -0.387 e. The molecule has 0 aliphatic heterocycles. The van der Waals surface area contributed by atoms with Crippen LogP contribution >= 0.6 is 11.8 Å². The van der Waals surface area contributed by atoms with Crippen LogP contribution in [-0.4, -0.2) is 43.9 Å². The van der Waals surface area contributed by atoms with Crippen molar-refractivity contribution in [3.63, 3.8) is 0 Å². The molecule has 102 valence electrons. The van der Waals surface area contributed by atoms with Gasteiger partial charge < -0.3 is 10.4 Å². The van der Waals surface area contributed by atoms with E-state index in [1.165, 1.54) is 6.26 Å². The lowest BCUT2D eigenvalue weighted by molar-refractivity contribution is 0.0997. The maximum absolute atomic E-state index is 11.3. The van der Waals surface area contributed by atoms with Crippen molar-refractivity contribution in [2.45, 2.75) is 17.4 Å². The summed E-state index contributed by atoms with van der Waals surface area (Å²) in [4.78, 5) is 0.295. The van der Waals surface area contributed by atoms with Crippen LogP contribution in [-0.2, 0) is 9.84 Å². The molecule has 0 aliphatic carbocycles. The molecule has 1 aromatic carbocycles. The van der Waals surface area contributed by atoms with Crippen molar-refractivity contribution in [2.24, 2.45) is 0 Å². The van der Waals surface area contributed by atoms with E-state index in [0.717, 1.165) is 5.69 Å². The van der Waals surface area contributed by atoms with E-state index in [1.54, 1.807) is 43.0 Å². The number of anilines is 1. The van der Waals surface area contributed by atoms with Crippen molar-refractivity contribution in [1.82, 2.24) is 0 Å². The van der Waals surface area contributed by atoms with Gasteiger partial charge in [-0.3, -0.25) is 0 Å². The number of hydrogen-bond acceptors (Lipinski definition) is 5. The molecule has 4 nitrogen and oxygen atoms in total. The Morgan fingerprint density at radius 1 is 1.33 bits per heavy atom. The molecule has 0 amide bonds. The molecular formula is C12H19NO3S2. The van der Waals surface area contributed by atoms with E-state index in [4.69, 9.17) is 0 Å². The Hall–Kier alpha value is -0.720. The molecule has 1 atom stereocenters. The van der Waals surface area contributed by atoms with Crippen LogP contribution in [0.1, 0.15) is 6.92 Å². The van der Waals surface area contributed by atoms with Gasteiger partial charge in [0.2, 0.25) is 0 Å². The highest BCUT2D eigenvalue weighted by atomic mass is 32.2. The maximum Gasteiger partial charge on any atom is 0.175 e. The molecule has 1 unspecified atom stereocenters. The number of hydrogen-bond donors (Lipinski definition) is 2. The Bertz CT molecular complexity index is 481. The van der Waals surface area contributed by atoms with E-state index >= 15 is 0 Å². The Balaban J connectivity index is 2.65. The van der Waals surface area contributed by atoms with Crippen LogP contribution < -0.4 is 5.32 Å². The zero-order valence-corrected chi connectivity index (χ0v) is 12.4. The Morgan fingerprint density at radius 2 is 1.89 bits per heavy atom. The largest absolute Gasteiger partial charge is 0.387 e. The van der Waals surface area contributed by atoms with Crippen molar-refractivity contribution >= 4 is 27.3 Å². The van der Waals surface area contributed by atoms with Crippen LogP contribution in [0.2, 0.25) is 0 Å². The summed E-state index contributed by atoms with van der Waals surface area (Å²) in [6.45, 7) is 2.19. The van der Waals surface area contributed by atoms with E-state index in [1.807, 2.05) is 6.26 Å². The number of nitrogens with one attached hydrogen (secondary N) is 1. The number of aliphatic hydroxyl groups is 1. The number of rotatable bonds is 6. The van der Waals surface area contributed by atoms with Crippen LogP contribution in [0.5, 0.6) is 0 Å². The van der Waals surface area contributed by atoms with Gasteiger partial charge in [-0.25, -0.2) is 8.42 Å². The summed E-state index contributed by atoms with van der Waals surface area (Å²) >= 11 is 1.58. The Kier molecular flexibility index (Phi) is 5.07. The summed E-state index contributed by atoms with van der Waals surface area (Å²) in [6.07, 6.45) is 3.12. The van der Waals surface area contributed by atoms with Gasteiger partial charge in [-0.15, -0.1) is 0 Å². The molecule has 1 aromatic rings. The van der Waals surface area contributed by atoms with E-state index in [9.17, 15) is 13.5 Å². The maximum atomic E-state index is 11.3. The van der Waals surface area contributed by atoms with Crippen molar-refractivity contribution in [1.29, 1.82) is 0 Å². The van der Waals surface area contributed by atoms with Crippen LogP contribution in [0.3, 0.4) is 0 Å². The molecule has 0 heterocycles. The summed E-state index contributed by atoms with van der Waals surface area (Å²) in [5.41, 5.74) is 0.0123. The second-order valence-electron chi connectivity index (χ2n) is 4.58. The highest BCUT2D eigenvalue weighted by molar-refractivity contribution is 7.98.